The van der Waals surface area contributed by atoms with Crippen LogP contribution in [0.5, 0.6) is 0 Å². The van der Waals surface area contributed by atoms with Gasteiger partial charge < -0.3 is 9.88 Å². The molecule has 4 aromatic rings. The van der Waals surface area contributed by atoms with E-state index in [4.69, 9.17) is 5.14 Å². The smallest absolute Gasteiger partial charge is 0.255 e. The molecule has 148 valence electrons. The van der Waals surface area contributed by atoms with Gasteiger partial charge in [-0.05, 0) is 55.8 Å². The van der Waals surface area contributed by atoms with Crippen LogP contribution in [-0.4, -0.2) is 18.9 Å². The lowest BCUT2D eigenvalue weighted by atomic mass is 10.1. The van der Waals surface area contributed by atoms with E-state index in [1.54, 1.807) is 13.0 Å². The first-order chi connectivity index (χ1) is 13.8. The molecule has 0 fully saturated rings. The normalized spacial score (nSPS) is 11.8. The summed E-state index contributed by atoms with van der Waals surface area (Å²) in [5, 5.41) is 10.2. The second kappa shape index (κ2) is 7.02. The molecule has 0 bridgehead atoms. The molecular weight excluding hydrogens is 386 g/mol. The molecule has 0 saturated carbocycles. The summed E-state index contributed by atoms with van der Waals surface area (Å²) in [5.74, 6) is -0.383. The molecule has 0 spiro atoms. The number of carbonyl (C=O) groups is 1. The van der Waals surface area contributed by atoms with Gasteiger partial charge in [-0.2, -0.15) is 0 Å². The van der Waals surface area contributed by atoms with Crippen LogP contribution in [0.1, 0.15) is 22.8 Å². The molecule has 1 amide bonds. The van der Waals surface area contributed by atoms with Gasteiger partial charge in [0.15, 0.2) is 0 Å². The lowest BCUT2D eigenvalue weighted by molar-refractivity contribution is 0.102. The molecule has 0 aliphatic rings. The molecule has 6 nitrogen and oxygen atoms in total. The Morgan fingerprint density at radius 1 is 1.00 bits per heavy atom. The Bertz CT molecular complexity index is 1370. The summed E-state index contributed by atoms with van der Waals surface area (Å²) in [6.45, 7) is 4.69. The summed E-state index contributed by atoms with van der Waals surface area (Å²) in [7, 11) is -3.88. The van der Waals surface area contributed by atoms with Crippen LogP contribution in [-0.2, 0) is 16.6 Å². The largest absolute Gasteiger partial charge is 0.341 e. The van der Waals surface area contributed by atoms with E-state index in [1.165, 1.54) is 12.1 Å². The van der Waals surface area contributed by atoms with Crippen LogP contribution >= 0.6 is 0 Å². The third kappa shape index (κ3) is 3.39. The molecular formula is C22H21N3O3S. The predicted molar refractivity (Wildman–Crippen MR) is 116 cm³/mol. The Hall–Kier alpha value is -3.16. The van der Waals surface area contributed by atoms with Crippen molar-refractivity contribution in [3.05, 3.63) is 71.8 Å². The number of anilines is 1. The van der Waals surface area contributed by atoms with Crippen LogP contribution in [0, 0.1) is 6.92 Å². The highest BCUT2D eigenvalue weighted by molar-refractivity contribution is 7.89. The van der Waals surface area contributed by atoms with Crippen LogP contribution in [0.3, 0.4) is 0 Å². The molecule has 1 heterocycles. The molecule has 1 aromatic heterocycles. The zero-order chi connectivity index (χ0) is 20.8. The van der Waals surface area contributed by atoms with E-state index in [0.717, 1.165) is 28.4 Å². The third-order valence-electron chi connectivity index (χ3n) is 5.13. The van der Waals surface area contributed by atoms with Crippen molar-refractivity contribution in [3.63, 3.8) is 0 Å². The average molecular weight is 407 g/mol. The molecule has 4 rings (SSSR count). The molecule has 0 radical (unpaired) electrons. The van der Waals surface area contributed by atoms with Gasteiger partial charge in [0.1, 0.15) is 0 Å². The summed E-state index contributed by atoms with van der Waals surface area (Å²) in [4.78, 5) is 12.7. The quantitative estimate of drug-likeness (QED) is 0.535. The maximum atomic E-state index is 12.8. The van der Waals surface area contributed by atoms with Crippen LogP contribution in [0.2, 0.25) is 0 Å². The fourth-order valence-corrected chi connectivity index (χ4v) is 4.23. The second-order valence-electron chi connectivity index (χ2n) is 6.97. The summed E-state index contributed by atoms with van der Waals surface area (Å²) >= 11 is 0. The van der Waals surface area contributed by atoms with E-state index in [1.807, 2.05) is 30.3 Å². The molecule has 0 aliphatic heterocycles. The monoisotopic (exact) mass is 407 g/mol. The number of para-hydroxylation sites is 1. The number of nitrogens with two attached hydrogens (primary N) is 1. The lowest BCUT2D eigenvalue weighted by Gasteiger charge is -2.10. The van der Waals surface area contributed by atoms with Gasteiger partial charge in [0.2, 0.25) is 10.0 Å². The Morgan fingerprint density at radius 2 is 1.72 bits per heavy atom. The molecule has 29 heavy (non-hydrogen) atoms. The molecule has 0 atom stereocenters. The summed E-state index contributed by atoms with van der Waals surface area (Å²) in [6, 6.07) is 18.2. The Morgan fingerprint density at radius 3 is 2.45 bits per heavy atom. The van der Waals surface area contributed by atoms with E-state index in [2.05, 4.69) is 28.9 Å². The summed E-state index contributed by atoms with van der Waals surface area (Å²) in [5.41, 5.74) is 3.82. The number of carbonyl (C=O) groups excluding carboxylic acids is 1. The van der Waals surface area contributed by atoms with E-state index in [9.17, 15) is 13.2 Å². The molecule has 7 heteroatoms. The van der Waals surface area contributed by atoms with Crippen LogP contribution < -0.4 is 10.5 Å². The molecule has 3 aromatic carbocycles. The fraction of sp³-hybridized carbons (Fsp3) is 0.136. The second-order valence-corrected chi connectivity index (χ2v) is 8.53. The predicted octanol–water partition coefficient (Wildman–Crippen LogP) is 4.02. The number of benzene rings is 3. The minimum Gasteiger partial charge on any atom is -0.341 e. The van der Waals surface area contributed by atoms with Crippen molar-refractivity contribution in [2.45, 2.75) is 25.3 Å². The van der Waals surface area contributed by atoms with Crippen LogP contribution in [0.25, 0.3) is 21.8 Å². The summed E-state index contributed by atoms with van der Waals surface area (Å²) < 4.78 is 25.5. The van der Waals surface area contributed by atoms with Crippen LogP contribution in [0.15, 0.2) is 65.6 Å². The number of sulfonamides is 1. The zero-order valence-electron chi connectivity index (χ0n) is 16.1. The number of hydrogen-bond acceptors (Lipinski definition) is 3. The van der Waals surface area contributed by atoms with Crippen molar-refractivity contribution in [2.24, 2.45) is 5.14 Å². The van der Waals surface area contributed by atoms with Gasteiger partial charge in [-0.1, -0.05) is 24.3 Å². The zero-order valence-corrected chi connectivity index (χ0v) is 17.0. The molecule has 0 unspecified atom stereocenters. The Labute approximate surface area is 169 Å². The van der Waals surface area contributed by atoms with Gasteiger partial charge in [-0.15, -0.1) is 0 Å². The third-order valence-corrected chi connectivity index (χ3v) is 6.04. The SMILES string of the molecule is CCn1c2ccccc2c2cc(NC(=O)c3cc(S(N)(=O)=O)ccc3C)ccc21. The van der Waals surface area contributed by atoms with Crippen LogP contribution in [0.4, 0.5) is 5.69 Å². The minimum atomic E-state index is -3.88. The highest BCUT2D eigenvalue weighted by atomic mass is 32.2. The van der Waals surface area contributed by atoms with Gasteiger partial charge in [0, 0.05) is 39.6 Å². The maximum Gasteiger partial charge on any atom is 0.255 e. The number of hydrogen-bond donors (Lipinski definition) is 2. The number of fused-ring (bicyclic) bond motifs is 3. The summed E-state index contributed by atoms with van der Waals surface area (Å²) in [6.07, 6.45) is 0. The number of primary sulfonamides is 1. The van der Waals surface area contributed by atoms with Crippen molar-refractivity contribution in [2.75, 3.05) is 5.32 Å². The number of nitrogens with zero attached hydrogens (tertiary/aromatic N) is 1. The van der Waals surface area contributed by atoms with Crippen molar-refractivity contribution < 1.29 is 13.2 Å². The van der Waals surface area contributed by atoms with Crippen molar-refractivity contribution in [1.29, 1.82) is 0 Å². The molecule has 0 aliphatic carbocycles. The van der Waals surface area contributed by atoms with E-state index in [-0.39, 0.29) is 16.4 Å². The topological polar surface area (TPSA) is 94.2 Å². The van der Waals surface area contributed by atoms with Gasteiger partial charge in [-0.25, -0.2) is 13.6 Å². The van der Waals surface area contributed by atoms with E-state index < -0.39 is 10.0 Å². The van der Waals surface area contributed by atoms with E-state index in [0.29, 0.717) is 11.3 Å². The first kappa shape index (κ1) is 19.2. The highest BCUT2D eigenvalue weighted by Gasteiger charge is 2.16. The molecule has 3 N–H and O–H groups in total. The first-order valence-electron chi connectivity index (χ1n) is 9.25. The van der Waals surface area contributed by atoms with Gasteiger partial charge in [-0.3, -0.25) is 4.79 Å². The van der Waals surface area contributed by atoms with Crippen molar-refractivity contribution >= 4 is 43.4 Å². The fourth-order valence-electron chi connectivity index (χ4n) is 3.69. The first-order valence-corrected chi connectivity index (χ1v) is 10.8. The van der Waals surface area contributed by atoms with Gasteiger partial charge >= 0.3 is 0 Å². The van der Waals surface area contributed by atoms with Gasteiger partial charge in [0.25, 0.3) is 5.91 Å². The van der Waals surface area contributed by atoms with E-state index >= 15 is 0 Å². The minimum absolute atomic E-state index is 0.0882. The van der Waals surface area contributed by atoms with Crippen molar-refractivity contribution in [3.8, 4) is 0 Å². The Kier molecular flexibility index (Phi) is 4.64. The number of nitrogens with one attached hydrogen (secondary N) is 1. The number of rotatable bonds is 4. The maximum absolute atomic E-state index is 12.8. The Balaban J connectivity index is 1.75. The number of amides is 1. The standard InChI is InChI=1S/C22H21N3O3S/c1-3-25-20-7-5-4-6-17(20)19-12-15(9-11-21(19)25)24-22(26)18-13-16(29(23,27)28)10-8-14(18)2/h4-13H,3H2,1-2H3,(H,24,26)(H2,23,27,28). The highest BCUT2D eigenvalue weighted by Crippen LogP contribution is 2.31. The average Bonchev–Trinajstić information content (AvgIpc) is 3.00. The van der Waals surface area contributed by atoms with Crippen molar-refractivity contribution in [1.82, 2.24) is 4.57 Å². The number of aryl methyl sites for hydroxylation is 2. The lowest BCUT2D eigenvalue weighted by Crippen LogP contribution is -2.17. The van der Waals surface area contributed by atoms with Gasteiger partial charge in [0.05, 0.1) is 4.90 Å². The molecule has 0 saturated heterocycles. The number of aromatic nitrogens is 1.